The van der Waals surface area contributed by atoms with Crippen molar-refractivity contribution in [2.24, 2.45) is 0 Å². The fourth-order valence-electron chi connectivity index (χ4n) is 3.70. The molecule has 1 aromatic heterocycles. The number of anilines is 3. The fraction of sp³-hybridized carbons (Fsp3) is 0.231. The topological polar surface area (TPSA) is 87.2 Å². The zero-order valence-corrected chi connectivity index (χ0v) is 19.5. The zero-order valence-electron chi connectivity index (χ0n) is 19.5. The Bertz CT molecular complexity index is 1380. The lowest BCUT2D eigenvalue weighted by molar-refractivity contribution is -0.137. The van der Waals surface area contributed by atoms with E-state index in [9.17, 15) is 22.8 Å². The molecule has 7 nitrogen and oxygen atoms in total. The molecule has 2 amide bonds. The van der Waals surface area contributed by atoms with E-state index in [0.29, 0.717) is 36.5 Å². The van der Waals surface area contributed by atoms with Crippen LogP contribution in [0, 0.1) is 18.8 Å². The third kappa shape index (κ3) is 5.46. The number of halogens is 3. The van der Waals surface area contributed by atoms with Gasteiger partial charge in [-0.2, -0.15) is 13.2 Å². The van der Waals surface area contributed by atoms with Crippen molar-refractivity contribution in [3.05, 3.63) is 76.6 Å². The number of rotatable bonds is 4. The molecule has 2 heterocycles. The van der Waals surface area contributed by atoms with E-state index in [1.54, 1.807) is 37.6 Å². The molecule has 4 rings (SSSR count). The number of amides is 2. The number of benzene rings is 2. The highest BCUT2D eigenvalue weighted by atomic mass is 19.4. The summed E-state index contributed by atoms with van der Waals surface area (Å²) in [7, 11) is 1.70. The third-order valence-electron chi connectivity index (χ3n) is 5.65. The summed E-state index contributed by atoms with van der Waals surface area (Å²) in [5, 5.41) is 5.38. The van der Waals surface area contributed by atoms with Crippen LogP contribution in [0.4, 0.5) is 30.5 Å². The van der Waals surface area contributed by atoms with Gasteiger partial charge in [0.15, 0.2) is 0 Å². The van der Waals surface area contributed by atoms with Gasteiger partial charge in [0.25, 0.3) is 5.91 Å². The highest BCUT2D eigenvalue weighted by Crippen LogP contribution is 2.37. The quantitative estimate of drug-likeness (QED) is 0.518. The molecule has 0 aliphatic carbocycles. The maximum Gasteiger partial charge on any atom is 0.416 e. The molecule has 3 aromatic rings. The number of carbonyl (C=O) groups excluding carboxylic acids is 2. The van der Waals surface area contributed by atoms with Gasteiger partial charge in [-0.15, -0.1) is 0 Å². The minimum Gasteiger partial charge on any atom is -0.357 e. The van der Waals surface area contributed by atoms with Crippen LogP contribution in [0.25, 0.3) is 0 Å². The minimum absolute atomic E-state index is 0.0833. The standard InChI is InChI=1S/C26H22F3N5O2/c1-16-5-7-19(12-18(16)8-6-17-14-31-25(30-2)32-15-17)24(36)33-21-13-20(26(27,28)29)9-10-22(21)34-11-3-4-23(34)35/h5,7,9-10,12-15H,3-4,11H2,1-2H3,(H,33,36)(H,30,31,32). The maximum absolute atomic E-state index is 13.4. The number of hydrogen-bond donors (Lipinski definition) is 2. The van der Waals surface area contributed by atoms with Gasteiger partial charge in [0.2, 0.25) is 11.9 Å². The van der Waals surface area contributed by atoms with Crippen molar-refractivity contribution in [1.82, 2.24) is 9.97 Å². The van der Waals surface area contributed by atoms with Crippen LogP contribution in [0.1, 0.15) is 45.5 Å². The first-order valence-electron chi connectivity index (χ1n) is 11.1. The van der Waals surface area contributed by atoms with Crippen molar-refractivity contribution in [1.29, 1.82) is 0 Å². The summed E-state index contributed by atoms with van der Waals surface area (Å²) in [5.74, 6) is 5.56. The van der Waals surface area contributed by atoms with Gasteiger partial charge in [-0.3, -0.25) is 9.59 Å². The molecule has 0 radical (unpaired) electrons. The summed E-state index contributed by atoms with van der Waals surface area (Å²) in [6.07, 6.45) is -0.582. The molecular formula is C26H22F3N5O2. The average Bonchev–Trinajstić information content (AvgIpc) is 3.28. The van der Waals surface area contributed by atoms with E-state index in [4.69, 9.17) is 0 Å². The number of carbonyl (C=O) groups is 2. The van der Waals surface area contributed by atoms with Crippen LogP contribution in [0.3, 0.4) is 0 Å². The molecule has 1 aliphatic heterocycles. The number of aromatic nitrogens is 2. The summed E-state index contributed by atoms with van der Waals surface area (Å²) in [4.78, 5) is 34.9. The molecule has 0 bridgehead atoms. The van der Waals surface area contributed by atoms with Crippen LogP contribution in [0.2, 0.25) is 0 Å². The van der Waals surface area contributed by atoms with Gasteiger partial charge in [-0.1, -0.05) is 17.9 Å². The molecule has 1 aliphatic rings. The van der Waals surface area contributed by atoms with Crippen molar-refractivity contribution >= 4 is 29.1 Å². The number of nitrogens with zero attached hydrogens (tertiary/aromatic N) is 3. The number of aryl methyl sites for hydroxylation is 1. The van der Waals surface area contributed by atoms with E-state index in [1.807, 2.05) is 6.92 Å². The van der Waals surface area contributed by atoms with Crippen LogP contribution in [-0.2, 0) is 11.0 Å². The SMILES string of the molecule is CNc1ncc(C#Cc2cc(C(=O)Nc3cc(C(F)(F)F)ccc3N3CCCC3=O)ccc2C)cn1. The summed E-state index contributed by atoms with van der Waals surface area (Å²) in [6.45, 7) is 2.20. The first-order valence-corrected chi connectivity index (χ1v) is 11.1. The molecule has 184 valence electrons. The number of alkyl halides is 3. The predicted octanol–water partition coefficient (Wildman–Crippen LogP) is 4.62. The lowest BCUT2D eigenvalue weighted by atomic mass is 10.0. The maximum atomic E-state index is 13.4. The van der Waals surface area contributed by atoms with Crippen LogP contribution in [0.5, 0.6) is 0 Å². The van der Waals surface area contributed by atoms with Crippen LogP contribution in [-0.4, -0.2) is 35.4 Å². The second kappa shape index (κ2) is 10.1. The second-order valence-corrected chi connectivity index (χ2v) is 8.16. The molecule has 0 unspecified atom stereocenters. The van der Waals surface area contributed by atoms with Crippen molar-refractivity contribution in [3.8, 4) is 11.8 Å². The van der Waals surface area contributed by atoms with Crippen LogP contribution >= 0.6 is 0 Å². The Kier molecular flexibility index (Phi) is 6.92. The van der Waals surface area contributed by atoms with E-state index in [0.717, 1.165) is 17.7 Å². The molecule has 1 fully saturated rings. The monoisotopic (exact) mass is 493 g/mol. The van der Waals surface area contributed by atoms with E-state index < -0.39 is 17.6 Å². The normalized spacial score (nSPS) is 13.2. The molecule has 10 heteroatoms. The lowest BCUT2D eigenvalue weighted by Crippen LogP contribution is -2.26. The van der Waals surface area contributed by atoms with Gasteiger partial charge in [0.05, 0.1) is 22.5 Å². The van der Waals surface area contributed by atoms with Crippen molar-refractivity contribution in [3.63, 3.8) is 0 Å². The second-order valence-electron chi connectivity index (χ2n) is 8.16. The molecule has 1 saturated heterocycles. The van der Waals surface area contributed by atoms with Gasteiger partial charge in [-0.25, -0.2) is 9.97 Å². The summed E-state index contributed by atoms with van der Waals surface area (Å²) < 4.78 is 40.1. The Labute approximate surface area is 205 Å². The molecule has 0 atom stereocenters. The van der Waals surface area contributed by atoms with Gasteiger partial charge < -0.3 is 15.5 Å². The van der Waals surface area contributed by atoms with E-state index in [2.05, 4.69) is 32.4 Å². The fourth-order valence-corrected chi connectivity index (χ4v) is 3.70. The van der Waals surface area contributed by atoms with Crippen LogP contribution in [0.15, 0.2) is 48.8 Å². The van der Waals surface area contributed by atoms with Gasteiger partial charge in [0.1, 0.15) is 0 Å². The average molecular weight is 493 g/mol. The van der Waals surface area contributed by atoms with E-state index in [1.165, 1.54) is 11.0 Å². The molecule has 2 aromatic carbocycles. The summed E-state index contributed by atoms with van der Waals surface area (Å²) in [5.41, 5.74) is 1.40. The first-order chi connectivity index (χ1) is 17.2. The Morgan fingerprint density at radius 3 is 2.47 bits per heavy atom. The molecule has 2 N–H and O–H groups in total. The Balaban J connectivity index is 1.63. The van der Waals surface area contributed by atoms with Crippen molar-refractivity contribution < 1.29 is 22.8 Å². The smallest absolute Gasteiger partial charge is 0.357 e. The summed E-state index contributed by atoms with van der Waals surface area (Å²) >= 11 is 0. The van der Waals surface area contributed by atoms with E-state index in [-0.39, 0.29) is 22.8 Å². The Hall–Kier alpha value is -4.39. The number of hydrogen-bond acceptors (Lipinski definition) is 5. The van der Waals surface area contributed by atoms with Gasteiger partial charge in [-0.05, 0) is 49.2 Å². The Morgan fingerprint density at radius 1 is 1.08 bits per heavy atom. The van der Waals surface area contributed by atoms with Crippen molar-refractivity contribution in [2.45, 2.75) is 25.9 Å². The molecule has 0 saturated carbocycles. The summed E-state index contributed by atoms with van der Waals surface area (Å²) in [6, 6.07) is 7.81. The lowest BCUT2D eigenvalue weighted by Gasteiger charge is -2.21. The minimum atomic E-state index is -4.60. The van der Waals surface area contributed by atoms with Gasteiger partial charge >= 0.3 is 6.18 Å². The van der Waals surface area contributed by atoms with Gasteiger partial charge in [0, 0.05) is 43.5 Å². The molecule has 36 heavy (non-hydrogen) atoms. The van der Waals surface area contributed by atoms with Crippen LogP contribution < -0.4 is 15.5 Å². The highest BCUT2D eigenvalue weighted by Gasteiger charge is 2.33. The van der Waals surface area contributed by atoms with Crippen molar-refractivity contribution in [2.75, 3.05) is 29.1 Å². The molecule has 0 spiro atoms. The zero-order chi connectivity index (χ0) is 25.9. The first kappa shape index (κ1) is 24.7. The highest BCUT2D eigenvalue weighted by molar-refractivity contribution is 6.08. The van der Waals surface area contributed by atoms with E-state index >= 15 is 0 Å². The molecular weight excluding hydrogens is 471 g/mol. The Morgan fingerprint density at radius 2 is 1.83 bits per heavy atom. The largest absolute Gasteiger partial charge is 0.416 e. The third-order valence-corrected chi connectivity index (χ3v) is 5.65. The number of nitrogens with one attached hydrogen (secondary N) is 2. The predicted molar refractivity (Wildman–Crippen MR) is 130 cm³/mol.